The van der Waals surface area contributed by atoms with Crippen LogP contribution in [0.2, 0.25) is 0 Å². The molecule has 0 aliphatic heterocycles. The van der Waals surface area contributed by atoms with Gasteiger partial charge in [0.15, 0.2) is 5.75 Å². The molecule has 0 radical (unpaired) electrons. The normalized spacial score (nSPS) is 12.2. The van der Waals surface area contributed by atoms with Gasteiger partial charge in [0.05, 0.1) is 5.69 Å². The molecule has 0 saturated heterocycles. The van der Waals surface area contributed by atoms with Gasteiger partial charge in [-0.1, -0.05) is 45.8 Å². The monoisotopic (exact) mass is 277 g/mol. The lowest BCUT2D eigenvalue weighted by Crippen LogP contribution is -2.18. The summed E-state index contributed by atoms with van der Waals surface area (Å²) in [6.45, 7) is 11.3. The van der Waals surface area contributed by atoms with Gasteiger partial charge in [0.1, 0.15) is 6.61 Å². The fourth-order valence-corrected chi connectivity index (χ4v) is 2.36. The Labute approximate surface area is 122 Å². The third-order valence-corrected chi connectivity index (χ3v) is 3.73. The molecule has 0 fully saturated rings. The van der Waals surface area contributed by atoms with E-state index in [-0.39, 0.29) is 5.43 Å². The molecule has 3 heteroatoms. The predicted octanol–water partition coefficient (Wildman–Crippen LogP) is 3.94. The molecule has 0 aliphatic carbocycles. The molecule has 0 spiro atoms. The Morgan fingerprint density at radius 2 is 2.20 bits per heavy atom. The van der Waals surface area contributed by atoms with E-state index in [1.165, 1.54) is 19.3 Å². The summed E-state index contributed by atoms with van der Waals surface area (Å²) in [6.07, 6.45) is 8.43. The minimum atomic E-state index is -0.0535. The van der Waals surface area contributed by atoms with Gasteiger partial charge in [-0.25, -0.2) is 0 Å². The van der Waals surface area contributed by atoms with Crippen LogP contribution in [0.5, 0.6) is 5.75 Å². The van der Waals surface area contributed by atoms with E-state index in [1.807, 2.05) is 13.1 Å². The first-order chi connectivity index (χ1) is 9.63. The molecule has 1 aromatic rings. The van der Waals surface area contributed by atoms with E-state index in [0.717, 1.165) is 18.7 Å². The van der Waals surface area contributed by atoms with E-state index >= 15 is 0 Å². The Morgan fingerprint density at radius 1 is 1.45 bits per heavy atom. The zero-order valence-electron chi connectivity index (χ0n) is 13.0. The van der Waals surface area contributed by atoms with Gasteiger partial charge in [0.25, 0.3) is 0 Å². The first-order valence-corrected chi connectivity index (χ1v) is 7.57. The van der Waals surface area contributed by atoms with Crippen molar-refractivity contribution < 1.29 is 4.74 Å². The molecule has 1 atom stereocenters. The summed E-state index contributed by atoms with van der Waals surface area (Å²) in [4.78, 5) is 11.9. The van der Waals surface area contributed by atoms with Crippen LogP contribution in [-0.4, -0.2) is 11.2 Å². The molecule has 1 unspecified atom stereocenters. The smallest absolute Gasteiger partial charge is 0.223 e. The average Bonchev–Trinajstić information content (AvgIpc) is 2.45. The number of hydrogen-bond donors (Lipinski definition) is 0. The van der Waals surface area contributed by atoms with Crippen LogP contribution in [0.25, 0.3) is 0 Å². The number of hydrogen-bond acceptors (Lipinski definition) is 2. The number of pyridine rings is 1. The number of aromatic nitrogens is 1. The van der Waals surface area contributed by atoms with Crippen molar-refractivity contribution >= 4 is 0 Å². The van der Waals surface area contributed by atoms with Crippen LogP contribution >= 0.6 is 0 Å². The van der Waals surface area contributed by atoms with Gasteiger partial charge >= 0.3 is 0 Å². The molecule has 3 nitrogen and oxygen atoms in total. The summed E-state index contributed by atoms with van der Waals surface area (Å²) in [7, 11) is 0. The first-order valence-electron chi connectivity index (χ1n) is 7.57. The topological polar surface area (TPSA) is 31.2 Å². The molecule has 1 heterocycles. The van der Waals surface area contributed by atoms with E-state index in [1.54, 1.807) is 12.1 Å². The molecule has 0 saturated carbocycles. The quantitative estimate of drug-likeness (QED) is 0.640. The standard InChI is InChI=1S/C17H27NO2/c1-5-8-9-15(7-3)13-18-11-10-16(19)17(14(18)4)20-12-6-2/h6,10-11,15H,2,5,7-9,12-13H2,1,3-4H3. The summed E-state index contributed by atoms with van der Waals surface area (Å²) in [5.74, 6) is 1.11. The van der Waals surface area contributed by atoms with Crippen LogP contribution < -0.4 is 10.2 Å². The number of nitrogens with zero attached hydrogens (tertiary/aromatic N) is 1. The Kier molecular flexibility index (Phi) is 7.13. The maximum absolute atomic E-state index is 11.9. The molecule has 0 aliphatic rings. The second-order valence-corrected chi connectivity index (χ2v) is 5.26. The van der Waals surface area contributed by atoms with E-state index in [2.05, 4.69) is 25.0 Å². The summed E-state index contributed by atoms with van der Waals surface area (Å²) >= 11 is 0. The molecule has 112 valence electrons. The van der Waals surface area contributed by atoms with Gasteiger partial charge in [-0.2, -0.15) is 0 Å². The first kappa shape index (κ1) is 16.5. The van der Waals surface area contributed by atoms with Crippen molar-refractivity contribution in [1.29, 1.82) is 0 Å². The Bertz CT molecular complexity index is 476. The van der Waals surface area contributed by atoms with Crippen molar-refractivity contribution in [3.63, 3.8) is 0 Å². The summed E-state index contributed by atoms with van der Waals surface area (Å²) in [5, 5.41) is 0. The van der Waals surface area contributed by atoms with Crippen LogP contribution in [-0.2, 0) is 6.54 Å². The molecule has 1 aromatic heterocycles. The number of ether oxygens (including phenoxy) is 1. The van der Waals surface area contributed by atoms with Crippen molar-refractivity contribution in [1.82, 2.24) is 4.57 Å². The van der Waals surface area contributed by atoms with Crippen molar-refractivity contribution in [3.05, 3.63) is 40.8 Å². The molecule has 0 bridgehead atoms. The lowest BCUT2D eigenvalue weighted by Gasteiger charge is -2.20. The van der Waals surface area contributed by atoms with Gasteiger partial charge in [-0.05, 0) is 19.3 Å². The molecule has 20 heavy (non-hydrogen) atoms. The Morgan fingerprint density at radius 3 is 2.80 bits per heavy atom. The minimum Gasteiger partial charge on any atom is -0.484 e. The maximum Gasteiger partial charge on any atom is 0.223 e. The summed E-state index contributed by atoms with van der Waals surface area (Å²) < 4.78 is 7.64. The highest BCUT2D eigenvalue weighted by Gasteiger charge is 2.12. The highest BCUT2D eigenvalue weighted by atomic mass is 16.5. The van der Waals surface area contributed by atoms with E-state index < -0.39 is 0 Å². The van der Waals surface area contributed by atoms with Crippen molar-refractivity contribution in [2.24, 2.45) is 5.92 Å². The summed E-state index contributed by atoms with van der Waals surface area (Å²) in [5.41, 5.74) is 0.858. The van der Waals surface area contributed by atoms with Crippen LogP contribution in [0.4, 0.5) is 0 Å². The largest absolute Gasteiger partial charge is 0.484 e. The fraction of sp³-hybridized carbons (Fsp3) is 0.588. The van der Waals surface area contributed by atoms with Crippen LogP contribution in [0.3, 0.4) is 0 Å². The Balaban J connectivity index is 2.89. The van der Waals surface area contributed by atoms with Crippen molar-refractivity contribution in [3.8, 4) is 5.75 Å². The second kappa shape index (κ2) is 8.62. The zero-order valence-corrected chi connectivity index (χ0v) is 13.0. The third-order valence-electron chi connectivity index (χ3n) is 3.73. The lowest BCUT2D eigenvalue weighted by molar-refractivity contribution is 0.341. The van der Waals surface area contributed by atoms with E-state index in [0.29, 0.717) is 18.3 Å². The Hall–Kier alpha value is -1.51. The van der Waals surface area contributed by atoms with Gasteiger partial charge in [-0.15, -0.1) is 0 Å². The van der Waals surface area contributed by atoms with Gasteiger partial charge < -0.3 is 9.30 Å². The predicted molar refractivity (Wildman–Crippen MR) is 84.4 cm³/mol. The van der Waals surface area contributed by atoms with Gasteiger partial charge in [0, 0.05) is 18.8 Å². The number of unbranched alkanes of at least 4 members (excludes halogenated alkanes) is 1. The zero-order chi connectivity index (χ0) is 15.0. The van der Waals surface area contributed by atoms with Crippen molar-refractivity contribution in [2.75, 3.05) is 6.61 Å². The maximum atomic E-state index is 11.9. The van der Waals surface area contributed by atoms with Gasteiger partial charge in [-0.3, -0.25) is 4.79 Å². The fourth-order valence-electron chi connectivity index (χ4n) is 2.36. The van der Waals surface area contributed by atoms with E-state index in [9.17, 15) is 4.79 Å². The molecular weight excluding hydrogens is 250 g/mol. The second-order valence-electron chi connectivity index (χ2n) is 5.26. The summed E-state index contributed by atoms with van der Waals surface area (Å²) in [6, 6.07) is 1.60. The molecule has 1 rings (SSSR count). The molecular formula is C17H27NO2. The van der Waals surface area contributed by atoms with Crippen molar-refractivity contribution in [2.45, 2.75) is 53.0 Å². The molecule has 0 aromatic carbocycles. The molecule has 0 amide bonds. The van der Waals surface area contributed by atoms with E-state index in [4.69, 9.17) is 4.74 Å². The van der Waals surface area contributed by atoms with Crippen LogP contribution in [0.15, 0.2) is 29.7 Å². The average molecular weight is 277 g/mol. The number of rotatable bonds is 9. The minimum absolute atomic E-state index is 0.0535. The van der Waals surface area contributed by atoms with Gasteiger partial charge in [0.2, 0.25) is 5.43 Å². The highest BCUT2D eigenvalue weighted by molar-refractivity contribution is 5.27. The van der Waals surface area contributed by atoms with Crippen LogP contribution in [0, 0.1) is 12.8 Å². The molecule has 0 N–H and O–H groups in total. The van der Waals surface area contributed by atoms with Crippen LogP contribution in [0.1, 0.15) is 45.2 Å². The highest BCUT2D eigenvalue weighted by Crippen LogP contribution is 2.18. The SMILES string of the molecule is C=CCOc1c(C)n(CC(CC)CCCC)ccc1=O. The third kappa shape index (κ3) is 4.55. The lowest BCUT2D eigenvalue weighted by atomic mass is 9.99.